The van der Waals surface area contributed by atoms with Crippen LogP contribution < -0.4 is 24.3 Å². The fourth-order valence-corrected chi connectivity index (χ4v) is 4.21. The Morgan fingerprint density at radius 1 is 0.906 bits per heavy atom. The van der Waals surface area contributed by atoms with Crippen LogP contribution in [0.4, 0.5) is 0 Å². The van der Waals surface area contributed by atoms with Crippen molar-refractivity contribution in [1.29, 1.82) is 0 Å². The van der Waals surface area contributed by atoms with E-state index < -0.39 is 0 Å². The second-order valence-electron chi connectivity index (χ2n) is 7.14. The first-order chi connectivity index (χ1) is 15.5. The Balaban J connectivity index is 1.42. The van der Waals surface area contributed by atoms with E-state index in [1.165, 1.54) is 0 Å². The molecule has 1 N–H and O–H groups in total. The van der Waals surface area contributed by atoms with E-state index in [9.17, 15) is 0 Å². The fraction of sp³-hybridized carbons (Fsp3) is 0.250. The van der Waals surface area contributed by atoms with Crippen LogP contribution in [0.5, 0.6) is 23.0 Å². The summed E-state index contributed by atoms with van der Waals surface area (Å²) < 4.78 is 23.6. The van der Waals surface area contributed by atoms with Crippen LogP contribution in [-0.2, 0) is 19.7 Å². The van der Waals surface area contributed by atoms with Crippen molar-refractivity contribution < 1.29 is 18.9 Å². The lowest BCUT2D eigenvalue weighted by Gasteiger charge is -2.16. The minimum atomic E-state index is 0.276. The Morgan fingerprint density at radius 3 is 2.53 bits per heavy atom. The maximum absolute atomic E-state index is 6.26. The van der Waals surface area contributed by atoms with Gasteiger partial charge in [-0.05, 0) is 54.4 Å². The molecule has 0 saturated carbocycles. The summed E-state index contributed by atoms with van der Waals surface area (Å²) in [5, 5.41) is 4.62. The van der Waals surface area contributed by atoms with E-state index in [0.717, 1.165) is 32.7 Å². The van der Waals surface area contributed by atoms with Gasteiger partial charge in [-0.1, -0.05) is 51.3 Å². The van der Waals surface area contributed by atoms with Crippen LogP contribution in [0.1, 0.15) is 23.6 Å². The summed E-state index contributed by atoms with van der Waals surface area (Å²) in [5.74, 6) is 2.89. The van der Waals surface area contributed by atoms with Gasteiger partial charge >= 0.3 is 0 Å². The van der Waals surface area contributed by atoms with E-state index in [1.807, 2.05) is 43.3 Å². The van der Waals surface area contributed by atoms with Crippen molar-refractivity contribution >= 4 is 39.1 Å². The molecule has 0 spiro atoms. The smallest absolute Gasteiger partial charge is 0.231 e. The number of rotatable bonds is 9. The van der Waals surface area contributed by atoms with Crippen molar-refractivity contribution in [2.24, 2.45) is 0 Å². The summed E-state index contributed by atoms with van der Waals surface area (Å²) in [5.41, 5.74) is 3.03. The molecule has 0 unspecified atom stereocenters. The Labute approximate surface area is 205 Å². The third kappa shape index (κ3) is 5.62. The summed E-state index contributed by atoms with van der Waals surface area (Å²) in [6, 6.07) is 15.2. The van der Waals surface area contributed by atoms with Crippen LogP contribution in [0.15, 0.2) is 53.0 Å². The summed E-state index contributed by atoms with van der Waals surface area (Å²) in [7, 11) is 0. The number of hydrogen-bond donors (Lipinski definition) is 1. The van der Waals surface area contributed by atoms with E-state index in [4.69, 9.17) is 42.1 Å². The summed E-state index contributed by atoms with van der Waals surface area (Å²) in [4.78, 5) is 0. The molecule has 5 nitrogen and oxygen atoms in total. The largest absolute Gasteiger partial charge is 0.490 e. The van der Waals surface area contributed by atoms with Gasteiger partial charge in [0.1, 0.15) is 6.61 Å². The van der Waals surface area contributed by atoms with Crippen LogP contribution in [0.2, 0.25) is 10.0 Å². The first-order valence-electron chi connectivity index (χ1n) is 10.1. The van der Waals surface area contributed by atoms with Crippen LogP contribution in [-0.4, -0.2) is 13.4 Å². The van der Waals surface area contributed by atoms with Gasteiger partial charge in [0, 0.05) is 33.2 Å². The van der Waals surface area contributed by atoms with Crippen LogP contribution in [0.3, 0.4) is 0 Å². The minimum Gasteiger partial charge on any atom is -0.490 e. The average Bonchev–Trinajstić information content (AvgIpc) is 3.23. The topological polar surface area (TPSA) is 49.0 Å². The van der Waals surface area contributed by atoms with Crippen molar-refractivity contribution in [3.8, 4) is 23.0 Å². The maximum atomic E-state index is 6.26. The Hall–Kier alpha value is -2.12. The summed E-state index contributed by atoms with van der Waals surface area (Å²) >= 11 is 15.9. The van der Waals surface area contributed by atoms with Crippen LogP contribution in [0, 0.1) is 0 Å². The quantitative estimate of drug-likeness (QED) is 0.326. The van der Waals surface area contributed by atoms with Crippen molar-refractivity contribution in [1.82, 2.24) is 5.32 Å². The van der Waals surface area contributed by atoms with Crippen molar-refractivity contribution in [3.05, 3.63) is 79.7 Å². The van der Waals surface area contributed by atoms with E-state index in [-0.39, 0.29) is 6.79 Å². The van der Waals surface area contributed by atoms with Crippen molar-refractivity contribution in [3.63, 3.8) is 0 Å². The SMILES string of the molecule is CCOc1cc(CNCc2ccc3c(c2)OCO3)c(Br)cc1OCc1ccc(Cl)cc1Cl. The lowest BCUT2D eigenvalue weighted by molar-refractivity contribution is 0.174. The van der Waals surface area contributed by atoms with Crippen molar-refractivity contribution in [2.75, 3.05) is 13.4 Å². The molecular formula is C24H22BrCl2NO4. The monoisotopic (exact) mass is 537 g/mol. The Morgan fingerprint density at radius 2 is 1.72 bits per heavy atom. The molecule has 0 bridgehead atoms. The first kappa shape index (κ1) is 23.1. The van der Waals surface area contributed by atoms with Gasteiger partial charge in [-0.3, -0.25) is 0 Å². The highest BCUT2D eigenvalue weighted by Crippen LogP contribution is 2.35. The number of halogens is 3. The van der Waals surface area contributed by atoms with E-state index in [0.29, 0.717) is 47.8 Å². The average molecular weight is 539 g/mol. The molecule has 1 aliphatic heterocycles. The molecule has 4 rings (SSSR count). The highest BCUT2D eigenvalue weighted by Gasteiger charge is 2.14. The molecule has 0 radical (unpaired) electrons. The molecule has 0 amide bonds. The van der Waals surface area contributed by atoms with Gasteiger partial charge < -0.3 is 24.3 Å². The highest BCUT2D eigenvalue weighted by atomic mass is 79.9. The van der Waals surface area contributed by atoms with Crippen LogP contribution in [0.25, 0.3) is 0 Å². The van der Waals surface area contributed by atoms with Gasteiger partial charge in [-0.25, -0.2) is 0 Å². The lowest BCUT2D eigenvalue weighted by Crippen LogP contribution is -2.13. The number of fused-ring (bicyclic) bond motifs is 1. The fourth-order valence-electron chi connectivity index (χ4n) is 3.28. The number of benzene rings is 3. The molecule has 0 atom stereocenters. The van der Waals surface area contributed by atoms with Gasteiger partial charge in [0.25, 0.3) is 0 Å². The Bertz CT molecular complexity index is 1110. The molecule has 0 fully saturated rings. The molecular weight excluding hydrogens is 517 g/mol. The van der Waals surface area contributed by atoms with Gasteiger partial charge in [0.2, 0.25) is 6.79 Å². The second kappa shape index (κ2) is 10.7. The molecule has 0 aromatic heterocycles. The Kier molecular flexibility index (Phi) is 7.68. The second-order valence-corrected chi connectivity index (χ2v) is 8.84. The van der Waals surface area contributed by atoms with E-state index in [2.05, 4.69) is 21.2 Å². The number of nitrogens with one attached hydrogen (secondary N) is 1. The molecule has 0 aliphatic carbocycles. The predicted octanol–water partition coefficient (Wildman–Crippen LogP) is 6.75. The molecule has 0 saturated heterocycles. The molecule has 3 aromatic carbocycles. The minimum absolute atomic E-state index is 0.276. The van der Waals surface area contributed by atoms with E-state index in [1.54, 1.807) is 12.1 Å². The third-order valence-electron chi connectivity index (χ3n) is 4.89. The lowest BCUT2D eigenvalue weighted by atomic mass is 10.1. The molecule has 8 heteroatoms. The molecule has 32 heavy (non-hydrogen) atoms. The van der Waals surface area contributed by atoms with Gasteiger partial charge in [0.05, 0.1) is 6.61 Å². The number of ether oxygens (including phenoxy) is 4. The maximum Gasteiger partial charge on any atom is 0.231 e. The van der Waals surface area contributed by atoms with Gasteiger partial charge in [-0.15, -0.1) is 0 Å². The van der Waals surface area contributed by atoms with Gasteiger partial charge in [0.15, 0.2) is 23.0 Å². The van der Waals surface area contributed by atoms with Crippen LogP contribution >= 0.6 is 39.1 Å². The zero-order chi connectivity index (χ0) is 22.5. The highest BCUT2D eigenvalue weighted by molar-refractivity contribution is 9.10. The molecule has 168 valence electrons. The van der Waals surface area contributed by atoms with Gasteiger partial charge in [-0.2, -0.15) is 0 Å². The standard InChI is InChI=1S/C24H22BrCl2NO4/c1-2-29-23-8-17(12-28-11-15-3-6-21-22(7-15)32-14-31-21)19(25)10-24(23)30-13-16-4-5-18(26)9-20(16)27/h3-10,28H,2,11-14H2,1H3. The van der Waals surface area contributed by atoms with E-state index >= 15 is 0 Å². The number of hydrogen-bond acceptors (Lipinski definition) is 5. The molecule has 1 heterocycles. The zero-order valence-electron chi connectivity index (χ0n) is 17.4. The summed E-state index contributed by atoms with van der Waals surface area (Å²) in [6.45, 7) is 4.41. The first-order valence-corrected chi connectivity index (χ1v) is 11.7. The zero-order valence-corrected chi connectivity index (χ0v) is 20.5. The molecule has 1 aliphatic rings. The normalized spacial score (nSPS) is 12.1. The molecule has 3 aromatic rings. The summed E-state index contributed by atoms with van der Waals surface area (Å²) in [6.07, 6.45) is 0. The van der Waals surface area contributed by atoms with Crippen molar-refractivity contribution in [2.45, 2.75) is 26.6 Å². The third-order valence-corrected chi connectivity index (χ3v) is 6.22. The predicted molar refractivity (Wildman–Crippen MR) is 129 cm³/mol.